The van der Waals surface area contributed by atoms with Crippen molar-refractivity contribution >= 4 is 34.1 Å². The van der Waals surface area contributed by atoms with Gasteiger partial charge in [0, 0.05) is 60.8 Å². The first-order valence-corrected chi connectivity index (χ1v) is 14.1. The number of nitrogens with zero attached hydrogens (tertiary/aromatic N) is 2. The second-order valence-corrected chi connectivity index (χ2v) is 11.0. The number of nitrogens with one attached hydrogen (secondary N) is 1. The van der Waals surface area contributed by atoms with Gasteiger partial charge >= 0.3 is 12.1 Å². The second kappa shape index (κ2) is 12.0. The number of hydrogen-bond donors (Lipinski definition) is 1. The first kappa shape index (κ1) is 28.8. The Morgan fingerprint density at radius 3 is 2.56 bits per heavy atom. The molecule has 0 aliphatic carbocycles. The molecule has 2 aromatic carbocycles. The fourth-order valence-corrected chi connectivity index (χ4v) is 6.15. The standard InChI is InChI=1S/C30H29F4N3O3S/c1-40-14-13-37-18-23(27-21(4-2-5-25(27)37)26-6-3-15-41-26)28(38)36-11-9-20(10-12-36)22-16-19(7-8-24(22)31)17-35-29(39)30(32,33)34/h2-8,15-16,18,20H,9-14,17H2,1H3,(H,35,39). The van der Waals surface area contributed by atoms with Crippen molar-refractivity contribution in [2.45, 2.75) is 38.0 Å². The van der Waals surface area contributed by atoms with Gasteiger partial charge in [-0.25, -0.2) is 4.39 Å². The molecule has 0 atom stereocenters. The molecule has 0 unspecified atom stereocenters. The summed E-state index contributed by atoms with van der Waals surface area (Å²) in [6, 6.07) is 14.1. The lowest BCUT2D eigenvalue weighted by Crippen LogP contribution is -2.38. The SMILES string of the molecule is COCCn1cc(C(=O)N2CCC(c3cc(CNC(=O)C(F)(F)F)ccc3F)CC2)c2c(-c3cccs3)cccc21. The summed E-state index contributed by atoms with van der Waals surface area (Å²) in [5, 5.41) is 4.71. The summed E-state index contributed by atoms with van der Waals surface area (Å²) in [7, 11) is 1.64. The normalized spacial score (nSPS) is 14.5. The zero-order valence-electron chi connectivity index (χ0n) is 22.3. The van der Waals surface area contributed by atoms with Crippen LogP contribution in [0, 0.1) is 5.82 Å². The van der Waals surface area contributed by atoms with Crippen LogP contribution in [0.1, 0.15) is 40.2 Å². The maximum absolute atomic E-state index is 14.8. The van der Waals surface area contributed by atoms with Crippen LogP contribution in [0.5, 0.6) is 0 Å². The number of aromatic nitrogens is 1. The molecular weight excluding hydrogens is 558 g/mol. The molecule has 0 saturated carbocycles. The summed E-state index contributed by atoms with van der Waals surface area (Å²) in [4.78, 5) is 27.9. The quantitative estimate of drug-likeness (QED) is 0.244. The van der Waals surface area contributed by atoms with Crippen LogP contribution in [0.4, 0.5) is 17.6 Å². The molecule has 11 heteroatoms. The van der Waals surface area contributed by atoms with Crippen LogP contribution in [0.25, 0.3) is 21.3 Å². The minimum absolute atomic E-state index is 0.0993. The summed E-state index contributed by atoms with van der Waals surface area (Å²) in [6.07, 6.45) is -2.10. The molecule has 4 aromatic rings. The molecule has 5 rings (SSSR count). The highest BCUT2D eigenvalue weighted by Crippen LogP contribution is 2.37. The lowest BCUT2D eigenvalue weighted by molar-refractivity contribution is -0.173. The van der Waals surface area contributed by atoms with E-state index in [0.717, 1.165) is 21.3 Å². The minimum atomic E-state index is -4.98. The molecule has 2 aromatic heterocycles. The highest BCUT2D eigenvalue weighted by atomic mass is 32.1. The Labute approximate surface area is 238 Å². The number of alkyl halides is 3. The zero-order valence-corrected chi connectivity index (χ0v) is 23.2. The molecule has 216 valence electrons. The molecule has 2 amide bonds. The maximum atomic E-state index is 14.8. The van der Waals surface area contributed by atoms with Crippen molar-refractivity contribution in [3.63, 3.8) is 0 Å². The van der Waals surface area contributed by atoms with Crippen molar-refractivity contribution in [2.75, 3.05) is 26.8 Å². The average molecular weight is 588 g/mol. The van der Waals surface area contributed by atoms with Gasteiger partial charge in [0.05, 0.1) is 12.2 Å². The Kier molecular flexibility index (Phi) is 8.46. The third-order valence-electron chi connectivity index (χ3n) is 7.45. The number of hydrogen-bond acceptors (Lipinski definition) is 4. The smallest absolute Gasteiger partial charge is 0.383 e. The molecule has 1 fully saturated rings. The molecular formula is C30H29F4N3O3S. The number of halogens is 4. The predicted molar refractivity (Wildman–Crippen MR) is 149 cm³/mol. The van der Waals surface area contributed by atoms with Crippen molar-refractivity contribution in [1.29, 1.82) is 0 Å². The van der Waals surface area contributed by atoms with Crippen molar-refractivity contribution in [3.8, 4) is 10.4 Å². The van der Waals surface area contributed by atoms with Gasteiger partial charge in [0.2, 0.25) is 0 Å². The van der Waals surface area contributed by atoms with Gasteiger partial charge in [-0.3, -0.25) is 9.59 Å². The van der Waals surface area contributed by atoms with Crippen molar-refractivity contribution in [2.24, 2.45) is 0 Å². The molecule has 41 heavy (non-hydrogen) atoms. The van der Waals surface area contributed by atoms with Gasteiger partial charge in [-0.05, 0) is 53.5 Å². The summed E-state index contributed by atoms with van der Waals surface area (Å²) in [5.74, 6) is -2.80. The van der Waals surface area contributed by atoms with Crippen LogP contribution in [0.3, 0.4) is 0 Å². The third kappa shape index (κ3) is 6.15. The lowest BCUT2D eigenvalue weighted by Gasteiger charge is -2.32. The first-order chi connectivity index (χ1) is 19.7. The molecule has 0 spiro atoms. The third-order valence-corrected chi connectivity index (χ3v) is 8.36. The van der Waals surface area contributed by atoms with Crippen LogP contribution in [-0.2, 0) is 22.6 Å². The molecule has 0 bridgehead atoms. The summed E-state index contributed by atoms with van der Waals surface area (Å²) >= 11 is 1.61. The Morgan fingerprint density at radius 1 is 1.10 bits per heavy atom. The van der Waals surface area contributed by atoms with E-state index in [9.17, 15) is 27.2 Å². The summed E-state index contributed by atoms with van der Waals surface area (Å²) < 4.78 is 59.7. The van der Waals surface area contributed by atoms with Crippen LogP contribution in [-0.4, -0.2) is 54.3 Å². The van der Waals surface area contributed by atoms with E-state index in [4.69, 9.17) is 4.74 Å². The molecule has 1 aliphatic rings. The van der Waals surface area contributed by atoms with Gasteiger partial charge in [0.25, 0.3) is 5.91 Å². The highest BCUT2D eigenvalue weighted by molar-refractivity contribution is 7.13. The molecule has 0 radical (unpaired) electrons. The molecule has 6 nitrogen and oxygen atoms in total. The summed E-state index contributed by atoms with van der Waals surface area (Å²) in [5.41, 5.74) is 3.30. The van der Waals surface area contributed by atoms with E-state index in [1.54, 1.807) is 23.3 Å². The Bertz CT molecular complexity index is 1540. The highest BCUT2D eigenvalue weighted by Gasteiger charge is 2.38. The number of carbonyl (C=O) groups is 2. The van der Waals surface area contributed by atoms with E-state index >= 15 is 0 Å². The fourth-order valence-electron chi connectivity index (χ4n) is 5.39. The predicted octanol–water partition coefficient (Wildman–Crippen LogP) is 6.35. The van der Waals surface area contributed by atoms with Gasteiger partial charge < -0.3 is 19.5 Å². The topological polar surface area (TPSA) is 63.6 Å². The molecule has 1 saturated heterocycles. The van der Waals surface area contributed by atoms with Gasteiger partial charge in [-0.2, -0.15) is 13.2 Å². The van der Waals surface area contributed by atoms with Crippen molar-refractivity contribution in [3.05, 3.63) is 82.6 Å². The maximum Gasteiger partial charge on any atom is 0.471 e. The zero-order chi connectivity index (χ0) is 29.1. The van der Waals surface area contributed by atoms with E-state index in [-0.39, 0.29) is 18.4 Å². The van der Waals surface area contributed by atoms with Crippen LogP contribution >= 0.6 is 11.3 Å². The van der Waals surface area contributed by atoms with Crippen molar-refractivity contribution in [1.82, 2.24) is 14.8 Å². The lowest BCUT2D eigenvalue weighted by atomic mass is 9.88. The van der Waals surface area contributed by atoms with E-state index in [1.165, 1.54) is 18.2 Å². The number of thiophene rings is 1. The van der Waals surface area contributed by atoms with Gasteiger partial charge in [0.15, 0.2) is 0 Å². The number of likely N-dealkylation sites (tertiary alicyclic amines) is 1. The Hall–Kier alpha value is -3.70. The Balaban J connectivity index is 1.35. The number of methoxy groups -OCH3 is 1. The van der Waals surface area contributed by atoms with Crippen LogP contribution in [0.2, 0.25) is 0 Å². The first-order valence-electron chi connectivity index (χ1n) is 13.2. The van der Waals surface area contributed by atoms with Gasteiger partial charge in [0.1, 0.15) is 5.82 Å². The summed E-state index contributed by atoms with van der Waals surface area (Å²) in [6.45, 7) is 1.54. The Morgan fingerprint density at radius 2 is 1.88 bits per heavy atom. The number of piperidine rings is 1. The number of fused-ring (bicyclic) bond motifs is 1. The molecule has 1 aliphatic heterocycles. The van der Waals surface area contributed by atoms with Gasteiger partial charge in [-0.15, -0.1) is 11.3 Å². The number of benzene rings is 2. The van der Waals surface area contributed by atoms with Crippen LogP contribution in [0.15, 0.2) is 60.1 Å². The van der Waals surface area contributed by atoms with Gasteiger partial charge in [-0.1, -0.05) is 30.3 Å². The number of amides is 2. The van der Waals surface area contributed by atoms with Crippen LogP contribution < -0.4 is 5.32 Å². The number of carbonyl (C=O) groups excluding carboxylic acids is 2. The molecule has 3 heterocycles. The number of ether oxygens (including phenoxy) is 1. The van der Waals surface area contributed by atoms with E-state index in [0.29, 0.717) is 55.8 Å². The fraction of sp³-hybridized carbons (Fsp3) is 0.333. The average Bonchev–Trinajstić information content (AvgIpc) is 3.63. The van der Waals surface area contributed by atoms with Crippen molar-refractivity contribution < 1.29 is 31.9 Å². The number of rotatable bonds is 8. The van der Waals surface area contributed by atoms with E-state index in [1.807, 2.05) is 51.8 Å². The monoisotopic (exact) mass is 587 g/mol. The minimum Gasteiger partial charge on any atom is -0.383 e. The van der Waals surface area contributed by atoms with E-state index < -0.39 is 17.9 Å². The molecule has 1 N–H and O–H groups in total. The van der Waals surface area contributed by atoms with E-state index in [2.05, 4.69) is 0 Å². The largest absolute Gasteiger partial charge is 0.471 e. The second-order valence-electron chi connectivity index (χ2n) is 10.0.